The molecule has 2 aliphatic rings. The number of rotatable bonds is 9. The summed E-state index contributed by atoms with van der Waals surface area (Å²) in [4.78, 5) is 23.5. The first-order valence-corrected chi connectivity index (χ1v) is 12.7. The van der Waals surface area contributed by atoms with Crippen molar-refractivity contribution in [2.24, 2.45) is 11.8 Å². The van der Waals surface area contributed by atoms with E-state index in [0.29, 0.717) is 25.0 Å². The fourth-order valence-electron chi connectivity index (χ4n) is 4.46. The number of piperidine rings is 1. The highest BCUT2D eigenvalue weighted by molar-refractivity contribution is 5.80. The Labute approximate surface area is 207 Å². The van der Waals surface area contributed by atoms with E-state index in [2.05, 4.69) is 45.3 Å². The highest BCUT2D eigenvalue weighted by Crippen LogP contribution is 2.30. The van der Waals surface area contributed by atoms with Gasteiger partial charge in [-0.25, -0.2) is 0 Å². The number of aliphatic hydroxyl groups excluding tert-OH is 1. The largest absolute Gasteiger partial charge is 0.492 e. The van der Waals surface area contributed by atoms with Gasteiger partial charge in [0.05, 0.1) is 25.1 Å². The molecule has 9 nitrogen and oxygen atoms in total. The predicted molar refractivity (Wildman–Crippen MR) is 133 cm³/mol. The summed E-state index contributed by atoms with van der Waals surface area (Å²) in [6.45, 7) is 8.32. The third-order valence-corrected chi connectivity index (χ3v) is 6.83. The van der Waals surface area contributed by atoms with Gasteiger partial charge in [0.15, 0.2) is 5.82 Å². The second-order valence-corrected chi connectivity index (χ2v) is 10.0. The summed E-state index contributed by atoms with van der Waals surface area (Å²) in [5.74, 6) is 2.25. The van der Waals surface area contributed by atoms with Crippen LogP contribution in [0.5, 0.6) is 5.75 Å². The number of aliphatic hydroxyl groups is 1. The van der Waals surface area contributed by atoms with E-state index in [1.807, 2.05) is 12.1 Å². The van der Waals surface area contributed by atoms with Gasteiger partial charge in [-0.05, 0) is 62.7 Å². The molecule has 190 valence electrons. The normalized spacial score (nSPS) is 20.0. The summed E-state index contributed by atoms with van der Waals surface area (Å²) in [5.41, 5.74) is 2.11. The van der Waals surface area contributed by atoms with Crippen LogP contribution in [-0.2, 0) is 4.79 Å². The number of nitrogens with zero attached hydrogens (tertiary/aromatic N) is 4. The molecule has 1 saturated heterocycles. The molecule has 1 amide bonds. The first-order chi connectivity index (χ1) is 16.9. The molecule has 1 aliphatic carbocycles. The number of anilines is 1. The van der Waals surface area contributed by atoms with Crippen LogP contribution < -0.4 is 15.0 Å². The molecular formula is C26H37N5O4. The average molecular weight is 484 g/mol. The molecule has 3 heterocycles. The maximum atomic E-state index is 12.3. The van der Waals surface area contributed by atoms with Crippen molar-refractivity contribution in [1.82, 2.24) is 20.4 Å². The molecule has 9 heteroatoms. The van der Waals surface area contributed by atoms with Crippen LogP contribution in [0.1, 0.15) is 70.3 Å². The number of allylic oxidation sites excluding steroid dienone is 2. The molecule has 0 saturated carbocycles. The Hall–Kier alpha value is -2.94. The zero-order valence-corrected chi connectivity index (χ0v) is 20.9. The van der Waals surface area contributed by atoms with Gasteiger partial charge in [-0.15, -0.1) is 0 Å². The Morgan fingerprint density at radius 3 is 2.66 bits per heavy atom. The second kappa shape index (κ2) is 11.7. The lowest BCUT2D eigenvalue weighted by atomic mass is 9.87. The third-order valence-electron chi connectivity index (χ3n) is 6.83. The highest BCUT2D eigenvalue weighted by Gasteiger charge is 2.25. The number of carbonyl (C=O) groups is 1. The SMILES string of the molecule is CC(C)c1noc(N2CCC(COc3ccc(C4=CCC(C(=O)N[C@H](C)CO)CC4)nc3)CC2)n1. The number of nitrogens with one attached hydrogen (secondary N) is 1. The van der Waals surface area contributed by atoms with E-state index in [1.165, 1.54) is 5.57 Å². The third kappa shape index (κ3) is 6.60. The van der Waals surface area contributed by atoms with E-state index in [-0.39, 0.29) is 30.4 Å². The number of pyridine rings is 1. The van der Waals surface area contributed by atoms with E-state index in [1.54, 1.807) is 13.1 Å². The van der Waals surface area contributed by atoms with Crippen molar-refractivity contribution < 1.29 is 19.2 Å². The lowest BCUT2D eigenvalue weighted by Gasteiger charge is -2.30. The number of amides is 1. The van der Waals surface area contributed by atoms with Crippen LogP contribution >= 0.6 is 0 Å². The average Bonchev–Trinajstić information content (AvgIpc) is 3.39. The Morgan fingerprint density at radius 1 is 1.26 bits per heavy atom. The molecule has 1 unspecified atom stereocenters. The van der Waals surface area contributed by atoms with Crippen molar-refractivity contribution in [2.75, 3.05) is 31.2 Å². The predicted octanol–water partition coefficient (Wildman–Crippen LogP) is 3.56. The fourth-order valence-corrected chi connectivity index (χ4v) is 4.46. The minimum Gasteiger partial charge on any atom is -0.492 e. The van der Waals surface area contributed by atoms with Crippen LogP contribution in [0, 0.1) is 11.8 Å². The molecule has 0 spiro atoms. The minimum atomic E-state index is -0.210. The Kier molecular flexibility index (Phi) is 8.38. The molecule has 4 rings (SSSR count). The summed E-state index contributed by atoms with van der Waals surface area (Å²) < 4.78 is 11.5. The molecule has 0 aromatic carbocycles. The molecule has 2 aromatic rings. The van der Waals surface area contributed by atoms with Crippen molar-refractivity contribution in [3.8, 4) is 5.75 Å². The molecule has 0 bridgehead atoms. The van der Waals surface area contributed by atoms with E-state index >= 15 is 0 Å². The van der Waals surface area contributed by atoms with Crippen molar-refractivity contribution in [1.29, 1.82) is 0 Å². The van der Waals surface area contributed by atoms with E-state index in [9.17, 15) is 4.79 Å². The van der Waals surface area contributed by atoms with Crippen LogP contribution in [0.2, 0.25) is 0 Å². The van der Waals surface area contributed by atoms with E-state index in [4.69, 9.17) is 14.4 Å². The van der Waals surface area contributed by atoms with Gasteiger partial charge < -0.3 is 24.6 Å². The summed E-state index contributed by atoms with van der Waals surface area (Å²) in [5, 5.41) is 16.0. The van der Waals surface area contributed by atoms with Gasteiger partial charge in [0.1, 0.15) is 5.75 Å². The molecule has 2 N–H and O–H groups in total. The Morgan fingerprint density at radius 2 is 2.06 bits per heavy atom. The van der Waals surface area contributed by atoms with Crippen LogP contribution in [0.25, 0.3) is 5.57 Å². The summed E-state index contributed by atoms with van der Waals surface area (Å²) in [7, 11) is 0. The number of aromatic nitrogens is 3. The Balaban J connectivity index is 1.21. The summed E-state index contributed by atoms with van der Waals surface area (Å²) >= 11 is 0. The lowest BCUT2D eigenvalue weighted by molar-refractivity contribution is -0.126. The van der Waals surface area contributed by atoms with Gasteiger partial charge in [-0.3, -0.25) is 9.78 Å². The number of carbonyl (C=O) groups excluding carboxylic acids is 1. The molecule has 2 atom stereocenters. The maximum Gasteiger partial charge on any atom is 0.324 e. The maximum absolute atomic E-state index is 12.3. The lowest BCUT2D eigenvalue weighted by Crippen LogP contribution is -2.39. The van der Waals surface area contributed by atoms with Gasteiger partial charge >= 0.3 is 6.01 Å². The van der Waals surface area contributed by atoms with Crippen molar-refractivity contribution >= 4 is 17.5 Å². The molecule has 0 radical (unpaired) electrons. The molecule has 2 aromatic heterocycles. The summed E-state index contributed by atoms with van der Waals surface area (Å²) in [6, 6.07) is 4.39. The van der Waals surface area contributed by atoms with Crippen LogP contribution in [-0.4, -0.2) is 58.5 Å². The minimum absolute atomic E-state index is 0.0155. The zero-order valence-electron chi connectivity index (χ0n) is 20.9. The van der Waals surface area contributed by atoms with Crippen molar-refractivity contribution in [2.45, 2.75) is 64.8 Å². The highest BCUT2D eigenvalue weighted by atomic mass is 16.5. The topological polar surface area (TPSA) is 114 Å². The van der Waals surface area contributed by atoms with Gasteiger partial charge in [-0.1, -0.05) is 25.1 Å². The second-order valence-electron chi connectivity index (χ2n) is 10.0. The molecule has 1 aliphatic heterocycles. The Bertz CT molecular complexity index is 995. The quantitative estimate of drug-likeness (QED) is 0.557. The first-order valence-electron chi connectivity index (χ1n) is 12.7. The monoisotopic (exact) mass is 483 g/mol. The number of ether oxygens (including phenoxy) is 1. The van der Waals surface area contributed by atoms with E-state index in [0.717, 1.165) is 56.0 Å². The van der Waals surface area contributed by atoms with E-state index < -0.39 is 0 Å². The van der Waals surface area contributed by atoms with Crippen LogP contribution in [0.4, 0.5) is 6.01 Å². The standard InChI is InChI=1S/C26H37N5O4/c1-17(2)24-29-26(35-30-24)31-12-10-19(11-13-31)16-34-22-8-9-23(27-14-22)20-4-6-21(7-5-20)25(33)28-18(3)15-32/h4,8-9,14,17-19,21,32H,5-7,10-13,15-16H2,1-3H3,(H,28,33)/t18-,21?/m1/s1. The molecule has 35 heavy (non-hydrogen) atoms. The summed E-state index contributed by atoms with van der Waals surface area (Å²) in [6.07, 6.45) is 8.24. The van der Waals surface area contributed by atoms with Gasteiger partial charge in [-0.2, -0.15) is 4.98 Å². The van der Waals surface area contributed by atoms with Crippen LogP contribution in [0.3, 0.4) is 0 Å². The van der Waals surface area contributed by atoms with Crippen molar-refractivity contribution in [3.63, 3.8) is 0 Å². The number of hydrogen-bond acceptors (Lipinski definition) is 8. The molecule has 1 fully saturated rings. The van der Waals surface area contributed by atoms with Gasteiger partial charge in [0.25, 0.3) is 0 Å². The zero-order chi connectivity index (χ0) is 24.8. The number of hydrogen-bond donors (Lipinski definition) is 2. The molecular weight excluding hydrogens is 446 g/mol. The van der Waals surface area contributed by atoms with Crippen LogP contribution in [0.15, 0.2) is 28.9 Å². The van der Waals surface area contributed by atoms with Crippen molar-refractivity contribution in [3.05, 3.63) is 35.9 Å². The van der Waals surface area contributed by atoms with Gasteiger partial charge in [0.2, 0.25) is 5.91 Å². The smallest absolute Gasteiger partial charge is 0.324 e. The first kappa shape index (κ1) is 25.2. The fraction of sp³-hybridized carbons (Fsp3) is 0.615. The van der Waals surface area contributed by atoms with Gasteiger partial charge in [0, 0.05) is 31.0 Å².